The molecule has 0 saturated carbocycles. The predicted octanol–water partition coefficient (Wildman–Crippen LogP) is -3.45. The molecule has 3 rings (SSSR count). The fraction of sp³-hybridized carbons (Fsp3) is 0.778. The molecule has 0 aliphatic carbocycles. The molecule has 3 saturated heterocycles. The fourth-order valence-corrected chi connectivity index (χ4v) is 1.22. The highest BCUT2D eigenvalue weighted by molar-refractivity contribution is 5.62. The van der Waals surface area contributed by atoms with E-state index in [9.17, 15) is 14.4 Å². The van der Waals surface area contributed by atoms with Gasteiger partial charge >= 0.3 is 24.6 Å². The molecule has 3 unspecified atom stereocenters. The smallest absolute Gasteiger partial charge is 0.438 e. The van der Waals surface area contributed by atoms with Gasteiger partial charge in [0.2, 0.25) is 0 Å². The number of rotatable bonds is 5. The zero-order valence-electron chi connectivity index (χ0n) is 19.5. The number of cyclic esters (lactones) is 4. The average molecular weight is 536 g/mol. The van der Waals surface area contributed by atoms with E-state index in [1.54, 1.807) is 0 Å². The first-order valence-corrected chi connectivity index (χ1v) is 9.74. The van der Waals surface area contributed by atoms with Crippen molar-refractivity contribution in [1.29, 1.82) is 0 Å². The van der Waals surface area contributed by atoms with Crippen LogP contribution in [0.1, 0.15) is 0 Å². The van der Waals surface area contributed by atoms with Gasteiger partial charge in [-0.25, -0.2) is 14.4 Å². The summed E-state index contributed by atoms with van der Waals surface area (Å²) < 4.78 is 30.2. The molecule has 0 amide bonds. The Labute approximate surface area is 204 Å². The van der Waals surface area contributed by atoms with Crippen LogP contribution in [0.5, 0.6) is 0 Å². The van der Waals surface area contributed by atoms with Crippen molar-refractivity contribution in [3.63, 3.8) is 0 Å². The molecule has 3 aliphatic heterocycles. The van der Waals surface area contributed by atoms with Gasteiger partial charge in [0, 0.05) is 0 Å². The van der Waals surface area contributed by atoms with Crippen molar-refractivity contribution in [2.45, 2.75) is 24.4 Å². The van der Waals surface area contributed by atoms with Crippen LogP contribution in [0, 0.1) is 0 Å². The number of hydrogen-bond acceptors (Lipinski definition) is 18. The third-order valence-corrected chi connectivity index (χ3v) is 3.07. The number of carbonyl (C=O) groups excluding carboxylic acids is 5. The highest BCUT2D eigenvalue weighted by Gasteiger charge is 2.24. The lowest BCUT2D eigenvalue weighted by Gasteiger charge is -1.96. The summed E-state index contributed by atoms with van der Waals surface area (Å²) in [5.41, 5.74) is 0. The van der Waals surface area contributed by atoms with E-state index in [-0.39, 0.29) is 58.5 Å². The third kappa shape index (κ3) is 27.2. The lowest BCUT2D eigenvalue weighted by Crippen LogP contribution is -2.15. The Morgan fingerprint density at radius 3 is 1.22 bits per heavy atom. The Hall–Kier alpha value is -3.09. The summed E-state index contributed by atoms with van der Waals surface area (Å²) in [5, 5.41) is 48.8. The molecule has 0 radical (unpaired) electrons. The minimum Gasteiger partial charge on any atom is -0.438 e. The number of aliphatic hydroxyl groups excluding tert-OH is 6. The molecule has 3 aliphatic rings. The summed E-state index contributed by atoms with van der Waals surface area (Å²) in [5.74, 6) is 0. The first-order chi connectivity index (χ1) is 17.1. The van der Waals surface area contributed by atoms with Gasteiger partial charge in [-0.15, -0.1) is 0 Å². The maximum absolute atomic E-state index is 10.1. The molecule has 3 atom stereocenters. The maximum Gasteiger partial charge on any atom is 0.508 e. The molecule has 3 heterocycles. The molecule has 212 valence electrons. The molecular weight excluding hydrogens is 504 g/mol. The van der Waals surface area contributed by atoms with Crippen molar-refractivity contribution in [1.82, 2.24) is 0 Å². The van der Waals surface area contributed by atoms with Gasteiger partial charge in [-0.05, 0) is 0 Å². The second-order valence-corrected chi connectivity index (χ2v) is 5.87. The molecular formula is C18H32O18. The first-order valence-electron chi connectivity index (χ1n) is 9.74. The predicted molar refractivity (Wildman–Crippen MR) is 108 cm³/mol. The summed E-state index contributed by atoms with van der Waals surface area (Å²) in [6.45, 7) is 0.256. The van der Waals surface area contributed by atoms with E-state index in [1.807, 2.05) is 0 Å². The van der Waals surface area contributed by atoms with Crippen LogP contribution in [0.3, 0.4) is 0 Å². The van der Waals surface area contributed by atoms with Crippen LogP contribution in [-0.2, 0) is 42.7 Å². The number of methoxy groups -OCH3 is 2. The lowest BCUT2D eigenvalue weighted by molar-refractivity contribution is -0.191. The summed E-state index contributed by atoms with van der Waals surface area (Å²) in [6.07, 6.45) is -3.44. The van der Waals surface area contributed by atoms with Gasteiger partial charge in [-0.2, -0.15) is 9.59 Å². The number of ether oxygens (including phenoxy) is 7. The summed E-state index contributed by atoms with van der Waals surface area (Å²) in [4.78, 5) is 46.1. The molecule has 3 fully saturated rings. The minimum absolute atomic E-state index is 0.161. The van der Waals surface area contributed by atoms with Gasteiger partial charge in [0.25, 0.3) is 0 Å². The highest BCUT2D eigenvalue weighted by Crippen LogP contribution is 2.05. The summed E-state index contributed by atoms with van der Waals surface area (Å²) >= 11 is 0. The van der Waals surface area contributed by atoms with Crippen LogP contribution in [-0.4, -0.2) is 147 Å². The molecule has 36 heavy (non-hydrogen) atoms. The zero-order chi connectivity index (χ0) is 28.4. The van der Waals surface area contributed by atoms with Crippen molar-refractivity contribution in [2.24, 2.45) is 0 Å². The van der Waals surface area contributed by atoms with E-state index in [0.717, 1.165) is 6.61 Å². The Morgan fingerprint density at radius 1 is 0.833 bits per heavy atom. The lowest BCUT2D eigenvalue weighted by atomic mass is 10.4. The molecule has 0 aromatic heterocycles. The number of aliphatic hydroxyl groups is 6. The van der Waals surface area contributed by atoms with E-state index in [0.29, 0.717) is 0 Å². The van der Waals surface area contributed by atoms with E-state index >= 15 is 0 Å². The molecule has 18 nitrogen and oxygen atoms in total. The van der Waals surface area contributed by atoms with Crippen LogP contribution in [0.2, 0.25) is 0 Å². The number of hydrogen-bond donors (Lipinski definition) is 6. The van der Waals surface area contributed by atoms with Crippen LogP contribution in [0.25, 0.3) is 0 Å². The highest BCUT2D eigenvalue weighted by atomic mass is 16.8. The quantitative estimate of drug-likeness (QED) is 0.113. The molecule has 18 heteroatoms. The molecule has 0 aromatic rings. The van der Waals surface area contributed by atoms with Crippen molar-refractivity contribution in [3.8, 4) is 0 Å². The molecule has 0 spiro atoms. The largest absolute Gasteiger partial charge is 0.508 e. The van der Waals surface area contributed by atoms with E-state index < -0.39 is 36.8 Å². The topological polar surface area (TPSA) is 275 Å². The average Bonchev–Trinajstić information content (AvgIpc) is 3.51. The van der Waals surface area contributed by atoms with Gasteiger partial charge in [0.05, 0.1) is 53.9 Å². The minimum atomic E-state index is -0.954. The first kappa shape index (κ1) is 37.5. The standard InChI is InChI=1S/2C4H6O4.C3H6O3.C3H8O3.C3H6O2.CO2/c2*5-1-3-2-7-4(6)8-3;1-5-3(4)6-2;4-1-3(6)2-5;4-1-3-2-5-3;2-1-3/h2*3,5H,1-2H2;1-2H3;3-6H,1-2H2;3-4H,1-2H2;. The Kier molecular flexibility index (Phi) is 27.6. The van der Waals surface area contributed by atoms with Crippen molar-refractivity contribution in [2.75, 3.05) is 67.1 Å². The van der Waals surface area contributed by atoms with Crippen molar-refractivity contribution in [3.05, 3.63) is 0 Å². The van der Waals surface area contributed by atoms with E-state index in [4.69, 9.17) is 40.2 Å². The Morgan fingerprint density at radius 2 is 1.17 bits per heavy atom. The maximum atomic E-state index is 10.1. The van der Waals surface area contributed by atoms with Crippen molar-refractivity contribution < 1.29 is 87.8 Å². The SMILES string of the molecule is COC(=O)OC.O=C1OCC(CO)O1.O=C1OCC(CO)O1.O=C=O.OCC(O)CO.OCC1CO1. The summed E-state index contributed by atoms with van der Waals surface area (Å²) in [7, 11) is 2.51. The molecule has 0 aromatic carbocycles. The second-order valence-electron chi connectivity index (χ2n) is 5.87. The van der Waals surface area contributed by atoms with Gasteiger partial charge in [0.15, 0.2) is 12.2 Å². The molecule has 0 bridgehead atoms. The monoisotopic (exact) mass is 536 g/mol. The van der Waals surface area contributed by atoms with Crippen LogP contribution >= 0.6 is 0 Å². The Balaban J connectivity index is -0.000000372. The van der Waals surface area contributed by atoms with Gasteiger partial charge in [0.1, 0.15) is 25.4 Å². The number of carbonyl (C=O) groups is 3. The molecule has 6 N–H and O–H groups in total. The third-order valence-electron chi connectivity index (χ3n) is 3.07. The van der Waals surface area contributed by atoms with Crippen LogP contribution in [0.15, 0.2) is 0 Å². The fourth-order valence-electron chi connectivity index (χ4n) is 1.22. The Bertz CT molecular complexity index is 553. The van der Waals surface area contributed by atoms with Gasteiger partial charge in [-0.3, -0.25) is 0 Å². The van der Waals surface area contributed by atoms with Gasteiger partial charge < -0.3 is 63.8 Å². The van der Waals surface area contributed by atoms with Crippen molar-refractivity contribution >= 4 is 24.6 Å². The second kappa shape index (κ2) is 26.5. The number of epoxide rings is 1. The van der Waals surface area contributed by atoms with Crippen LogP contribution in [0.4, 0.5) is 14.4 Å². The van der Waals surface area contributed by atoms with E-state index in [2.05, 4.69) is 33.2 Å². The van der Waals surface area contributed by atoms with Crippen LogP contribution < -0.4 is 0 Å². The normalized spacial score (nSPS) is 19.9. The van der Waals surface area contributed by atoms with E-state index in [1.165, 1.54) is 14.2 Å². The summed E-state index contributed by atoms with van der Waals surface area (Å²) in [6, 6.07) is 0. The zero-order valence-corrected chi connectivity index (χ0v) is 19.5. The van der Waals surface area contributed by atoms with Gasteiger partial charge in [-0.1, -0.05) is 0 Å².